The molecule has 0 aromatic carbocycles. The maximum atomic E-state index is 3.52. The van der Waals surface area contributed by atoms with Gasteiger partial charge < -0.3 is 5.32 Å². The van der Waals surface area contributed by atoms with Crippen molar-refractivity contribution in [3.63, 3.8) is 0 Å². The van der Waals surface area contributed by atoms with Crippen LogP contribution in [-0.4, -0.2) is 17.7 Å². The first-order valence-electron chi connectivity index (χ1n) is 3.78. The van der Waals surface area contributed by atoms with Gasteiger partial charge in [0.1, 0.15) is 0 Å². The quantitative estimate of drug-likeness (QED) is 0.596. The lowest BCUT2D eigenvalue weighted by Gasteiger charge is -2.30. The molecular formula is C7H13NS. The molecule has 0 amide bonds. The van der Waals surface area contributed by atoms with E-state index in [2.05, 4.69) is 5.32 Å². The summed E-state index contributed by atoms with van der Waals surface area (Å²) in [6.07, 6.45) is 4.45. The third kappa shape index (κ3) is 1.10. The van der Waals surface area contributed by atoms with E-state index in [0.717, 1.165) is 12.0 Å². The highest BCUT2D eigenvalue weighted by atomic mass is 32.2. The highest BCUT2D eigenvalue weighted by molar-refractivity contribution is 7.99. The van der Waals surface area contributed by atoms with Gasteiger partial charge in [0.15, 0.2) is 0 Å². The van der Waals surface area contributed by atoms with Crippen molar-refractivity contribution in [3.8, 4) is 0 Å². The van der Waals surface area contributed by atoms with Gasteiger partial charge in [-0.15, -0.1) is 11.8 Å². The molecule has 1 saturated carbocycles. The van der Waals surface area contributed by atoms with Crippen LogP contribution in [0, 0.1) is 5.92 Å². The van der Waals surface area contributed by atoms with Crippen LogP contribution in [0.3, 0.4) is 0 Å². The van der Waals surface area contributed by atoms with Gasteiger partial charge in [0.05, 0.1) is 0 Å². The number of nitrogens with one attached hydrogen (secondary N) is 1. The first-order valence-corrected chi connectivity index (χ1v) is 4.93. The van der Waals surface area contributed by atoms with Gasteiger partial charge in [-0.05, 0) is 18.8 Å². The van der Waals surface area contributed by atoms with Crippen LogP contribution in [0.4, 0.5) is 0 Å². The Kier molecular flexibility index (Phi) is 1.68. The van der Waals surface area contributed by atoms with Crippen LogP contribution in [0.1, 0.15) is 19.3 Å². The monoisotopic (exact) mass is 143 g/mol. The molecule has 1 heterocycles. The van der Waals surface area contributed by atoms with Crippen molar-refractivity contribution in [1.29, 1.82) is 0 Å². The van der Waals surface area contributed by atoms with Crippen LogP contribution in [0.15, 0.2) is 0 Å². The Bertz CT molecular complexity index is 95.1. The van der Waals surface area contributed by atoms with E-state index in [1.807, 2.05) is 11.8 Å². The molecule has 0 aromatic rings. The van der Waals surface area contributed by atoms with Crippen molar-refractivity contribution in [3.05, 3.63) is 0 Å². The molecule has 9 heavy (non-hydrogen) atoms. The molecule has 2 fully saturated rings. The second kappa shape index (κ2) is 2.51. The molecule has 52 valence electrons. The topological polar surface area (TPSA) is 12.0 Å². The van der Waals surface area contributed by atoms with Crippen molar-refractivity contribution in [1.82, 2.24) is 5.32 Å². The van der Waals surface area contributed by atoms with Crippen LogP contribution in [0.2, 0.25) is 0 Å². The zero-order valence-electron chi connectivity index (χ0n) is 5.60. The molecule has 0 bridgehead atoms. The molecule has 2 heteroatoms. The van der Waals surface area contributed by atoms with Gasteiger partial charge in [-0.25, -0.2) is 0 Å². The fourth-order valence-electron chi connectivity index (χ4n) is 1.56. The fraction of sp³-hybridized carbons (Fsp3) is 1.00. The molecular weight excluding hydrogens is 130 g/mol. The molecule has 1 saturated heterocycles. The van der Waals surface area contributed by atoms with Crippen molar-refractivity contribution in [2.75, 3.05) is 11.6 Å². The lowest BCUT2D eigenvalue weighted by molar-refractivity contribution is 0.256. The highest BCUT2D eigenvalue weighted by Crippen LogP contribution is 2.32. The maximum absolute atomic E-state index is 3.52. The van der Waals surface area contributed by atoms with E-state index in [9.17, 15) is 0 Å². The van der Waals surface area contributed by atoms with Gasteiger partial charge in [-0.3, -0.25) is 0 Å². The summed E-state index contributed by atoms with van der Waals surface area (Å²) in [5, 5.41) is 3.52. The predicted octanol–water partition coefficient (Wildman–Crippen LogP) is 1.45. The Morgan fingerprint density at radius 2 is 2.22 bits per heavy atom. The van der Waals surface area contributed by atoms with E-state index in [1.54, 1.807) is 0 Å². The summed E-state index contributed by atoms with van der Waals surface area (Å²) in [6, 6.07) is 0.878. The van der Waals surface area contributed by atoms with Crippen molar-refractivity contribution < 1.29 is 0 Å². The Hall–Kier alpha value is 0.310. The molecule has 2 rings (SSSR count). The third-order valence-electron chi connectivity index (χ3n) is 2.46. The fourth-order valence-corrected chi connectivity index (χ4v) is 2.65. The zero-order chi connectivity index (χ0) is 6.10. The second-order valence-corrected chi connectivity index (χ2v) is 4.05. The summed E-state index contributed by atoms with van der Waals surface area (Å²) in [6.45, 7) is 0. The van der Waals surface area contributed by atoms with Crippen LogP contribution >= 0.6 is 11.8 Å². The minimum Gasteiger partial charge on any atom is -0.304 e. The summed E-state index contributed by atoms with van der Waals surface area (Å²) in [5.74, 6) is 3.60. The molecule has 1 aliphatic heterocycles. The van der Waals surface area contributed by atoms with Crippen molar-refractivity contribution in [2.45, 2.75) is 25.3 Å². The first kappa shape index (κ1) is 6.05. The number of rotatable bonds is 1. The zero-order valence-corrected chi connectivity index (χ0v) is 6.41. The summed E-state index contributed by atoms with van der Waals surface area (Å²) in [4.78, 5) is 0. The number of thioether (sulfide) groups is 1. The Labute approximate surface area is 60.6 Å². The van der Waals surface area contributed by atoms with E-state index in [-0.39, 0.29) is 0 Å². The van der Waals surface area contributed by atoms with E-state index in [4.69, 9.17) is 0 Å². The number of hydrogen-bond donors (Lipinski definition) is 1. The maximum Gasteiger partial charge on any atom is 0.0420 e. The van der Waals surface area contributed by atoms with Gasteiger partial charge in [0.2, 0.25) is 0 Å². The van der Waals surface area contributed by atoms with Crippen LogP contribution in [0.25, 0.3) is 0 Å². The molecule has 1 unspecified atom stereocenters. The summed E-state index contributed by atoms with van der Waals surface area (Å²) < 4.78 is 0. The van der Waals surface area contributed by atoms with Crippen LogP contribution in [-0.2, 0) is 0 Å². The predicted molar refractivity (Wildman–Crippen MR) is 41.6 cm³/mol. The summed E-state index contributed by atoms with van der Waals surface area (Å²) >= 11 is 2.05. The third-order valence-corrected chi connectivity index (χ3v) is 3.43. The Morgan fingerprint density at radius 1 is 1.33 bits per heavy atom. The lowest BCUT2D eigenvalue weighted by atomic mass is 9.80. The first-order chi connectivity index (χ1) is 4.47. The molecule has 1 aliphatic carbocycles. The lowest BCUT2D eigenvalue weighted by Crippen LogP contribution is -2.36. The molecule has 1 N–H and O–H groups in total. The average molecular weight is 143 g/mol. The Balaban J connectivity index is 1.82. The smallest absolute Gasteiger partial charge is 0.0420 e. The highest BCUT2D eigenvalue weighted by Gasteiger charge is 2.28. The van der Waals surface area contributed by atoms with E-state index < -0.39 is 0 Å². The van der Waals surface area contributed by atoms with Gasteiger partial charge in [-0.1, -0.05) is 6.42 Å². The van der Waals surface area contributed by atoms with E-state index in [0.29, 0.717) is 0 Å². The largest absolute Gasteiger partial charge is 0.304 e. The van der Waals surface area contributed by atoms with Crippen LogP contribution < -0.4 is 5.32 Å². The normalized spacial score (nSPS) is 36.7. The van der Waals surface area contributed by atoms with Crippen molar-refractivity contribution >= 4 is 11.8 Å². The van der Waals surface area contributed by atoms with E-state index in [1.165, 1.54) is 30.9 Å². The summed E-state index contributed by atoms with van der Waals surface area (Å²) in [5.41, 5.74) is 0. The van der Waals surface area contributed by atoms with Gasteiger partial charge in [-0.2, -0.15) is 0 Å². The van der Waals surface area contributed by atoms with Gasteiger partial charge in [0.25, 0.3) is 0 Å². The standard InChI is InChI=1S/C7H13NS/c1-2-6(3-1)7-4-9-5-8-7/h6-8H,1-5H2. The molecule has 0 spiro atoms. The second-order valence-electron chi connectivity index (χ2n) is 3.02. The van der Waals surface area contributed by atoms with Crippen molar-refractivity contribution in [2.24, 2.45) is 5.92 Å². The number of hydrogen-bond acceptors (Lipinski definition) is 2. The molecule has 0 aromatic heterocycles. The molecule has 0 radical (unpaired) electrons. The van der Waals surface area contributed by atoms with Crippen LogP contribution in [0.5, 0.6) is 0 Å². The minimum absolute atomic E-state index is 0.878. The molecule has 1 nitrogen and oxygen atoms in total. The average Bonchev–Trinajstić information content (AvgIpc) is 2.11. The summed E-state index contributed by atoms with van der Waals surface area (Å²) in [7, 11) is 0. The van der Waals surface area contributed by atoms with Gasteiger partial charge >= 0.3 is 0 Å². The van der Waals surface area contributed by atoms with E-state index >= 15 is 0 Å². The van der Waals surface area contributed by atoms with Gasteiger partial charge in [0, 0.05) is 17.7 Å². The Morgan fingerprint density at radius 3 is 2.67 bits per heavy atom. The minimum atomic E-state index is 0.878. The SMILES string of the molecule is C1CC(C2CSCN2)C1. The molecule has 2 aliphatic rings. The molecule has 1 atom stereocenters.